The highest BCUT2D eigenvalue weighted by molar-refractivity contribution is 7.98. The van der Waals surface area contributed by atoms with Crippen LogP contribution in [0.5, 0.6) is 0 Å². The molecule has 5 nitrogen and oxygen atoms in total. The van der Waals surface area contributed by atoms with Gasteiger partial charge in [-0.15, -0.1) is 11.8 Å². The van der Waals surface area contributed by atoms with Crippen LogP contribution in [-0.4, -0.2) is 38.0 Å². The highest BCUT2D eigenvalue weighted by Crippen LogP contribution is 2.35. The molecular weight excluding hydrogens is 368 g/mol. The SMILES string of the molecule is CSc1nc(Cl)cc(N(C)C)c1/C(=C/C=O)N=CNc1ccc(C)cc1. The zero-order valence-electron chi connectivity index (χ0n) is 15.2. The van der Waals surface area contributed by atoms with Crippen molar-refractivity contribution in [2.75, 3.05) is 30.6 Å². The van der Waals surface area contributed by atoms with Crippen molar-refractivity contribution in [3.63, 3.8) is 0 Å². The van der Waals surface area contributed by atoms with E-state index in [1.54, 1.807) is 12.4 Å². The highest BCUT2D eigenvalue weighted by Gasteiger charge is 2.17. The van der Waals surface area contributed by atoms with E-state index in [9.17, 15) is 4.79 Å². The number of halogens is 1. The molecule has 1 N–H and O–H groups in total. The number of carbonyl (C=O) groups excluding carboxylic acids is 1. The summed E-state index contributed by atoms with van der Waals surface area (Å²) in [7, 11) is 3.82. The zero-order valence-corrected chi connectivity index (χ0v) is 16.7. The number of hydrogen-bond donors (Lipinski definition) is 1. The molecular formula is C19H21ClN4OS. The van der Waals surface area contributed by atoms with Gasteiger partial charge in [-0.2, -0.15) is 0 Å². The molecule has 0 aliphatic rings. The number of benzene rings is 1. The molecule has 0 unspecified atom stereocenters. The molecule has 0 fully saturated rings. The first-order valence-corrected chi connectivity index (χ1v) is 9.50. The van der Waals surface area contributed by atoms with E-state index in [0.717, 1.165) is 23.2 Å². The van der Waals surface area contributed by atoms with Crippen molar-refractivity contribution in [3.8, 4) is 0 Å². The Morgan fingerprint density at radius 2 is 2.00 bits per heavy atom. The maximum absolute atomic E-state index is 11.2. The summed E-state index contributed by atoms with van der Waals surface area (Å²) in [4.78, 5) is 21.9. The van der Waals surface area contributed by atoms with Gasteiger partial charge in [0.25, 0.3) is 0 Å². The molecule has 136 valence electrons. The van der Waals surface area contributed by atoms with Crippen molar-refractivity contribution < 1.29 is 4.79 Å². The lowest BCUT2D eigenvalue weighted by molar-refractivity contribution is -0.104. The van der Waals surface area contributed by atoms with Crippen LogP contribution >= 0.6 is 23.4 Å². The molecule has 2 rings (SSSR count). The predicted molar refractivity (Wildman–Crippen MR) is 113 cm³/mol. The van der Waals surface area contributed by atoms with Crippen LogP contribution in [0.3, 0.4) is 0 Å². The average Bonchev–Trinajstić information content (AvgIpc) is 2.62. The van der Waals surface area contributed by atoms with Gasteiger partial charge in [-0.05, 0) is 31.4 Å². The average molecular weight is 389 g/mol. The maximum atomic E-state index is 11.2. The van der Waals surface area contributed by atoms with Gasteiger partial charge in [-0.25, -0.2) is 9.98 Å². The monoisotopic (exact) mass is 388 g/mol. The number of thioether (sulfide) groups is 1. The van der Waals surface area contributed by atoms with Gasteiger partial charge in [0, 0.05) is 25.9 Å². The van der Waals surface area contributed by atoms with Gasteiger partial charge in [-0.1, -0.05) is 29.3 Å². The second kappa shape index (κ2) is 9.40. The van der Waals surface area contributed by atoms with Crippen molar-refractivity contribution >= 4 is 53.1 Å². The van der Waals surface area contributed by atoms with E-state index in [-0.39, 0.29) is 0 Å². The number of nitrogens with one attached hydrogen (secondary N) is 1. The molecule has 1 heterocycles. The van der Waals surface area contributed by atoms with Crippen molar-refractivity contribution in [3.05, 3.63) is 52.7 Å². The fraction of sp³-hybridized carbons (Fsp3) is 0.211. The number of anilines is 2. The molecule has 0 aliphatic carbocycles. The number of aromatic nitrogens is 1. The van der Waals surface area contributed by atoms with Crippen LogP contribution in [0.4, 0.5) is 11.4 Å². The van der Waals surface area contributed by atoms with Gasteiger partial charge in [0.05, 0.1) is 23.3 Å². The molecule has 0 bridgehead atoms. The van der Waals surface area contributed by atoms with E-state index in [2.05, 4.69) is 15.3 Å². The van der Waals surface area contributed by atoms with Gasteiger partial charge in [0.15, 0.2) is 0 Å². The molecule has 1 aromatic heterocycles. The second-order valence-corrected chi connectivity index (χ2v) is 6.88. The Balaban J connectivity index is 2.41. The van der Waals surface area contributed by atoms with E-state index < -0.39 is 0 Å². The van der Waals surface area contributed by atoms with Crippen LogP contribution < -0.4 is 10.2 Å². The fourth-order valence-corrected chi connectivity index (χ4v) is 3.14. The lowest BCUT2D eigenvalue weighted by Crippen LogP contribution is -2.12. The number of rotatable bonds is 7. The highest BCUT2D eigenvalue weighted by atomic mass is 35.5. The van der Waals surface area contributed by atoms with Crippen LogP contribution in [0.1, 0.15) is 11.1 Å². The molecule has 26 heavy (non-hydrogen) atoms. The van der Waals surface area contributed by atoms with Crippen molar-refractivity contribution in [1.82, 2.24) is 4.98 Å². The fourth-order valence-electron chi connectivity index (χ4n) is 2.30. The molecule has 0 radical (unpaired) electrons. The van der Waals surface area contributed by atoms with Gasteiger partial charge in [-0.3, -0.25) is 4.79 Å². The van der Waals surface area contributed by atoms with Crippen molar-refractivity contribution in [2.45, 2.75) is 11.9 Å². The van der Waals surface area contributed by atoms with Gasteiger partial charge in [0.2, 0.25) is 0 Å². The number of aldehydes is 1. The Labute approximate surface area is 163 Å². The summed E-state index contributed by atoms with van der Waals surface area (Å²) >= 11 is 7.59. The maximum Gasteiger partial charge on any atom is 0.145 e. The number of aryl methyl sites for hydroxylation is 1. The summed E-state index contributed by atoms with van der Waals surface area (Å²) in [6.07, 6.45) is 5.62. The van der Waals surface area contributed by atoms with E-state index in [4.69, 9.17) is 11.6 Å². The number of allylic oxidation sites excluding steroid dienone is 1. The lowest BCUT2D eigenvalue weighted by Gasteiger charge is -2.20. The summed E-state index contributed by atoms with van der Waals surface area (Å²) in [5.74, 6) is 0. The Bertz CT molecular complexity index is 832. The minimum Gasteiger partial charge on any atom is -0.377 e. The molecule has 0 saturated heterocycles. The van der Waals surface area contributed by atoms with E-state index in [1.165, 1.54) is 23.4 Å². The standard InChI is InChI=1S/C19H21ClN4OS/c1-13-5-7-14(8-6-13)21-12-22-15(9-10-25)18-16(24(2)3)11-17(20)23-19(18)26-4/h5-12H,1-4H3,(H,21,22)/b15-9-. The first-order valence-electron chi connectivity index (χ1n) is 7.89. The number of aliphatic imine (C=N–C) groups is 1. The molecule has 0 amide bonds. The number of carbonyl (C=O) groups is 1. The van der Waals surface area contributed by atoms with E-state index in [1.807, 2.05) is 56.4 Å². The van der Waals surface area contributed by atoms with Crippen LogP contribution in [0.25, 0.3) is 5.70 Å². The Morgan fingerprint density at radius 3 is 2.58 bits per heavy atom. The molecule has 0 spiro atoms. The molecule has 7 heteroatoms. The number of pyridine rings is 1. The third-order valence-corrected chi connectivity index (χ3v) is 4.45. The largest absolute Gasteiger partial charge is 0.377 e. The van der Waals surface area contributed by atoms with Gasteiger partial charge in [0.1, 0.15) is 16.5 Å². The predicted octanol–water partition coefficient (Wildman–Crippen LogP) is 4.51. The summed E-state index contributed by atoms with van der Waals surface area (Å²) in [5.41, 5.74) is 4.21. The molecule has 0 atom stereocenters. The van der Waals surface area contributed by atoms with Crippen LogP contribution in [0, 0.1) is 6.92 Å². The van der Waals surface area contributed by atoms with E-state index >= 15 is 0 Å². The summed E-state index contributed by atoms with van der Waals surface area (Å²) in [6, 6.07) is 9.72. The third-order valence-electron chi connectivity index (χ3n) is 3.58. The summed E-state index contributed by atoms with van der Waals surface area (Å²) < 4.78 is 0. The third kappa shape index (κ3) is 5.09. The summed E-state index contributed by atoms with van der Waals surface area (Å²) in [6.45, 7) is 2.03. The summed E-state index contributed by atoms with van der Waals surface area (Å²) in [5, 5.41) is 4.22. The van der Waals surface area contributed by atoms with Crippen LogP contribution in [0.15, 0.2) is 46.4 Å². The Hall–Kier alpha value is -2.31. The van der Waals surface area contributed by atoms with Crippen LogP contribution in [-0.2, 0) is 4.79 Å². The second-order valence-electron chi connectivity index (χ2n) is 5.70. The normalized spacial score (nSPS) is 11.7. The topological polar surface area (TPSA) is 57.6 Å². The molecule has 2 aromatic rings. The molecule has 1 aromatic carbocycles. The van der Waals surface area contributed by atoms with Crippen molar-refractivity contribution in [2.24, 2.45) is 4.99 Å². The molecule has 0 saturated carbocycles. The number of nitrogens with zero attached hydrogens (tertiary/aromatic N) is 3. The zero-order chi connectivity index (χ0) is 19.1. The van der Waals surface area contributed by atoms with Gasteiger partial charge >= 0.3 is 0 Å². The smallest absolute Gasteiger partial charge is 0.145 e. The number of hydrogen-bond acceptors (Lipinski definition) is 5. The van der Waals surface area contributed by atoms with E-state index in [0.29, 0.717) is 15.9 Å². The van der Waals surface area contributed by atoms with Crippen LogP contribution in [0.2, 0.25) is 5.15 Å². The Kier molecular flexibility index (Phi) is 7.24. The quantitative estimate of drug-likeness (QED) is 0.189. The lowest BCUT2D eigenvalue weighted by atomic mass is 10.1. The van der Waals surface area contributed by atoms with Gasteiger partial charge < -0.3 is 10.2 Å². The Morgan fingerprint density at radius 1 is 1.31 bits per heavy atom. The minimum absolute atomic E-state index is 0.397. The van der Waals surface area contributed by atoms with Crippen molar-refractivity contribution in [1.29, 1.82) is 0 Å². The minimum atomic E-state index is 0.397. The first-order chi connectivity index (χ1) is 12.5. The first kappa shape index (κ1) is 20.0. The molecule has 0 aliphatic heterocycles.